The number of nitro benzene ring substituents is 1. The van der Waals surface area contributed by atoms with Crippen molar-refractivity contribution < 1.29 is 50.7 Å². The van der Waals surface area contributed by atoms with E-state index in [1.165, 1.54) is 0 Å². The molecule has 0 unspecified atom stereocenters. The molecule has 0 aliphatic heterocycles. The van der Waals surface area contributed by atoms with Crippen LogP contribution in [-0.4, -0.2) is 37.1 Å². The van der Waals surface area contributed by atoms with Crippen molar-refractivity contribution in [3.63, 3.8) is 0 Å². The number of nitrogens with one attached hydrogen (secondary N) is 1. The van der Waals surface area contributed by atoms with Gasteiger partial charge in [0.1, 0.15) is 13.2 Å². The van der Waals surface area contributed by atoms with Gasteiger partial charge >= 0.3 is 18.8 Å². The Kier molecular flexibility index (Phi) is 8.10. The van der Waals surface area contributed by atoms with Crippen LogP contribution in [-0.2, 0) is 22.3 Å². The van der Waals surface area contributed by atoms with Crippen molar-refractivity contribution in [1.82, 2.24) is 5.32 Å². The Morgan fingerprint density at radius 3 is 2.27 bits per heavy atom. The molecule has 2 aromatic rings. The summed E-state index contributed by atoms with van der Waals surface area (Å²) in [4.78, 5) is 34.1. The fraction of sp³-hybridized carbons (Fsp3) is 0.263. The minimum atomic E-state index is -4.58. The number of carbonyl (C=O) groups is 2. The highest BCUT2D eigenvalue weighted by atomic mass is 19.4. The van der Waals surface area contributed by atoms with Crippen LogP contribution in [0.1, 0.15) is 21.5 Å². The molecule has 0 aliphatic rings. The lowest BCUT2D eigenvalue weighted by Gasteiger charge is -2.12. The molecule has 0 saturated heterocycles. The number of halogens is 5. The zero-order valence-electron chi connectivity index (χ0n) is 16.7. The molecule has 0 aromatic heterocycles. The van der Waals surface area contributed by atoms with Crippen LogP contribution >= 0.6 is 0 Å². The number of ether oxygens (including phenoxy) is 3. The summed E-state index contributed by atoms with van der Waals surface area (Å²) in [7, 11) is 1.10. The van der Waals surface area contributed by atoms with Crippen molar-refractivity contribution in [3.8, 4) is 11.5 Å². The van der Waals surface area contributed by atoms with Gasteiger partial charge in [0.25, 0.3) is 11.6 Å². The molecule has 0 atom stereocenters. The second kappa shape index (κ2) is 10.6. The van der Waals surface area contributed by atoms with Crippen molar-refractivity contribution in [2.45, 2.75) is 19.4 Å². The van der Waals surface area contributed by atoms with Crippen LogP contribution in [0.15, 0.2) is 36.4 Å². The molecule has 1 amide bonds. The number of nitrogens with zero attached hydrogens (tertiary/aromatic N) is 1. The third-order valence-electron chi connectivity index (χ3n) is 4.03. The maximum absolute atomic E-state index is 12.6. The predicted molar refractivity (Wildman–Crippen MR) is 99.9 cm³/mol. The van der Waals surface area contributed by atoms with Gasteiger partial charge < -0.3 is 19.5 Å². The molecule has 2 rings (SSSR count). The van der Waals surface area contributed by atoms with Gasteiger partial charge in [-0.05, 0) is 30.3 Å². The molecular formula is C19H15F5N2O7. The minimum absolute atomic E-state index is 0.147. The van der Waals surface area contributed by atoms with Crippen molar-refractivity contribution in [3.05, 3.63) is 63.2 Å². The van der Waals surface area contributed by atoms with Gasteiger partial charge in [0.05, 0.1) is 29.2 Å². The Morgan fingerprint density at radius 2 is 1.76 bits per heavy atom. The monoisotopic (exact) mass is 478 g/mol. The number of nitro groups is 1. The van der Waals surface area contributed by atoms with E-state index in [9.17, 15) is 41.7 Å². The van der Waals surface area contributed by atoms with E-state index in [2.05, 4.69) is 10.1 Å². The first kappa shape index (κ1) is 25.3. The molecule has 178 valence electrons. The number of esters is 1. The molecule has 0 radical (unpaired) electrons. The van der Waals surface area contributed by atoms with Gasteiger partial charge in [-0.15, -0.1) is 0 Å². The molecule has 0 bridgehead atoms. The molecule has 0 aliphatic carbocycles. The zero-order valence-corrected chi connectivity index (χ0v) is 16.7. The van der Waals surface area contributed by atoms with Crippen LogP contribution < -0.4 is 14.8 Å². The summed E-state index contributed by atoms with van der Waals surface area (Å²) in [6.07, 6.45) is -4.58. The van der Waals surface area contributed by atoms with Gasteiger partial charge in [0.15, 0.2) is 11.5 Å². The Morgan fingerprint density at radius 1 is 1.12 bits per heavy atom. The largest absolute Gasteiger partial charge is 0.493 e. The average molecular weight is 478 g/mol. The smallest absolute Gasteiger partial charge is 0.416 e. The molecule has 0 heterocycles. The van der Waals surface area contributed by atoms with Crippen LogP contribution in [0.5, 0.6) is 11.5 Å². The van der Waals surface area contributed by atoms with E-state index in [1.807, 2.05) is 0 Å². The Hall–Kier alpha value is -3.97. The first-order chi connectivity index (χ1) is 15.4. The van der Waals surface area contributed by atoms with Crippen LogP contribution in [0.3, 0.4) is 0 Å². The molecule has 0 fully saturated rings. The number of amides is 1. The highest BCUT2D eigenvalue weighted by molar-refractivity contribution is 5.95. The van der Waals surface area contributed by atoms with Gasteiger partial charge in [-0.2, -0.15) is 22.0 Å². The summed E-state index contributed by atoms with van der Waals surface area (Å²) in [6, 6.07) is 4.89. The summed E-state index contributed by atoms with van der Waals surface area (Å²) in [5.41, 5.74) is -2.00. The molecule has 33 heavy (non-hydrogen) atoms. The van der Waals surface area contributed by atoms with E-state index in [1.54, 1.807) is 0 Å². The normalized spacial score (nSPS) is 11.1. The molecule has 1 N–H and O–H groups in total. The van der Waals surface area contributed by atoms with Crippen molar-refractivity contribution in [1.29, 1.82) is 0 Å². The lowest BCUT2D eigenvalue weighted by Crippen LogP contribution is -2.30. The number of benzene rings is 2. The summed E-state index contributed by atoms with van der Waals surface area (Å²) < 4.78 is 76.4. The first-order valence-corrected chi connectivity index (χ1v) is 8.83. The Bertz CT molecular complexity index is 1030. The predicted octanol–water partition coefficient (Wildman–Crippen LogP) is 3.70. The molecule has 14 heteroatoms. The lowest BCUT2D eigenvalue weighted by atomic mass is 10.1. The number of rotatable bonds is 9. The van der Waals surface area contributed by atoms with Gasteiger partial charge in [-0.1, -0.05) is 0 Å². The van der Waals surface area contributed by atoms with E-state index < -0.39 is 59.7 Å². The van der Waals surface area contributed by atoms with E-state index in [0.29, 0.717) is 18.2 Å². The van der Waals surface area contributed by atoms with E-state index >= 15 is 0 Å². The highest BCUT2D eigenvalue weighted by Gasteiger charge is 2.30. The molecule has 2 aromatic carbocycles. The number of alkyl halides is 5. The average Bonchev–Trinajstić information content (AvgIpc) is 2.75. The number of carbonyl (C=O) groups excluding carboxylic acids is 2. The van der Waals surface area contributed by atoms with Gasteiger partial charge in [0, 0.05) is 5.56 Å². The zero-order chi connectivity index (χ0) is 24.8. The Balaban J connectivity index is 2.01. The highest BCUT2D eigenvalue weighted by Crippen LogP contribution is 2.36. The maximum atomic E-state index is 12.6. The fourth-order valence-corrected chi connectivity index (χ4v) is 2.50. The summed E-state index contributed by atoms with van der Waals surface area (Å²) in [5, 5.41) is 13.3. The molecular weight excluding hydrogens is 463 g/mol. The fourth-order valence-electron chi connectivity index (χ4n) is 2.50. The van der Waals surface area contributed by atoms with Crippen LogP contribution in [0, 0.1) is 10.1 Å². The number of hydrogen-bond donors (Lipinski definition) is 1. The quantitative estimate of drug-likeness (QED) is 0.253. The van der Waals surface area contributed by atoms with Crippen LogP contribution in [0.25, 0.3) is 0 Å². The van der Waals surface area contributed by atoms with Gasteiger partial charge in [-0.3, -0.25) is 19.7 Å². The molecule has 0 saturated carbocycles. The molecule has 9 nitrogen and oxygen atoms in total. The second-order valence-electron chi connectivity index (χ2n) is 6.19. The first-order valence-electron chi connectivity index (χ1n) is 8.83. The summed E-state index contributed by atoms with van der Waals surface area (Å²) in [6.45, 7) is -4.64. The SMILES string of the molecule is COc1cc(COC(=O)CNC(=O)c2ccc(C(F)(F)F)cc2)c([N+](=O)[O-])cc1OC(F)F. The van der Waals surface area contributed by atoms with Crippen molar-refractivity contribution in [2.24, 2.45) is 0 Å². The lowest BCUT2D eigenvalue weighted by molar-refractivity contribution is -0.386. The van der Waals surface area contributed by atoms with E-state index in [4.69, 9.17) is 9.47 Å². The van der Waals surface area contributed by atoms with E-state index in [-0.39, 0.29) is 16.9 Å². The third kappa shape index (κ3) is 7.02. The second-order valence-corrected chi connectivity index (χ2v) is 6.19. The summed E-state index contributed by atoms with van der Waals surface area (Å²) >= 11 is 0. The molecule has 0 spiro atoms. The van der Waals surface area contributed by atoms with Crippen LogP contribution in [0.4, 0.5) is 27.6 Å². The van der Waals surface area contributed by atoms with Crippen LogP contribution in [0.2, 0.25) is 0 Å². The van der Waals surface area contributed by atoms with E-state index in [0.717, 1.165) is 25.3 Å². The topological polar surface area (TPSA) is 117 Å². The Labute approximate surface area is 182 Å². The summed E-state index contributed by atoms with van der Waals surface area (Å²) in [5.74, 6) is -2.76. The number of methoxy groups -OCH3 is 1. The van der Waals surface area contributed by atoms with Gasteiger partial charge in [0.2, 0.25) is 0 Å². The van der Waals surface area contributed by atoms with Crippen molar-refractivity contribution in [2.75, 3.05) is 13.7 Å². The minimum Gasteiger partial charge on any atom is -0.493 e. The standard InChI is InChI=1S/C19H15F5N2O7/c1-31-14-6-11(13(26(29)30)7-15(14)33-18(20)21)9-32-16(27)8-25-17(28)10-2-4-12(5-3-10)19(22,23)24/h2-7,18H,8-9H2,1H3,(H,25,28). The maximum Gasteiger partial charge on any atom is 0.416 e. The number of hydrogen-bond acceptors (Lipinski definition) is 7. The van der Waals surface area contributed by atoms with Crippen molar-refractivity contribution >= 4 is 17.6 Å². The van der Waals surface area contributed by atoms with Gasteiger partial charge in [-0.25, -0.2) is 0 Å². The third-order valence-corrected chi connectivity index (χ3v) is 4.03.